The minimum atomic E-state index is -4.64. The van der Waals surface area contributed by atoms with Crippen LogP contribution in [-0.4, -0.2) is 28.0 Å². The van der Waals surface area contributed by atoms with Gasteiger partial charge in [0.15, 0.2) is 17.3 Å². The Balaban J connectivity index is 2.39. The molecule has 0 aliphatic carbocycles. The molecule has 2 rings (SSSR count). The molecule has 0 aliphatic heterocycles. The molecule has 20 heavy (non-hydrogen) atoms. The molecule has 0 aliphatic rings. The maximum absolute atomic E-state index is 13.7. The molecule has 2 aromatic heterocycles. The predicted octanol–water partition coefficient (Wildman–Crippen LogP) is 2.42. The Labute approximate surface area is 109 Å². The maximum Gasteiger partial charge on any atom is 0.434 e. The number of nitrogens with one attached hydrogen (secondary N) is 1. The first-order chi connectivity index (χ1) is 9.32. The standard InChI is InChI=1S/C11H7F4N3O2/c1-20-10(19)5-2-6(12)8(16-3-5)9-17-4-7(18-9)11(13,14)15/h2-4H,1H3,(H,17,18). The number of alkyl halides is 3. The molecule has 0 amide bonds. The van der Waals surface area contributed by atoms with Gasteiger partial charge < -0.3 is 9.72 Å². The second-order valence-electron chi connectivity index (χ2n) is 3.68. The third-order valence-electron chi connectivity index (χ3n) is 2.35. The minimum Gasteiger partial charge on any atom is -0.465 e. The van der Waals surface area contributed by atoms with Crippen LogP contribution < -0.4 is 0 Å². The lowest BCUT2D eigenvalue weighted by atomic mass is 10.2. The summed E-state index contributed by atoms with van der Waals surface area (Å²) in [5.74, 6) is -2.18. The summed E-state index contributed by atoms with van der Waals surface area (Å²) in [6.45, 7) is 0. The Hall–Kier alpha value is -2.45. The van der Waals surface area contributed by atoms with Crippen LogP contribution in [0, 0.1) is 5.82 Å². The Bertz CT molecular complexity index is 651. The Kier molecular flexibility index (Phi) is 3.43. The van der Waals surface area contributed by atoms with Crippen molar-refractivity contribution in [1.29, 1.82) is 0 Å². The van der Waals surface area contributed by atoms with Gasteiger partial charge in [-0.05, 0) is 6.07 Å². The summed E-state index contributed by atoms with van der Waals surface area (Å²) in [5, 5.41) is 0. The molecule has 0 saturated heterocycles. The van der Waals surface area contributed by atoms with Gasteiger partial charge in [-0.25, -0.2) is 19.2 Å². The summed E-state index contributed by atoms with van der Waals surface area (Å²) in [6, 6.07) is 0.809. The van der Waals surface area contributed by atoms with Crippen molar-refractivity contribution >= 4 is 5.97 Å². The lowest BCUT2D eigenvalue weighted by molar-refractivity contribution is -0.140. The molecule has 0 fully saturated rings. The average Bonchev–Trinajstić information content (AvgIpc) is 2.87. The highest BCUT2D eigenvalue weighted by atomic mass is 19.4. The first-order valence-corrected chi connectivity index (χ1v) is 5.19. The van der Waals surface area contributed by atoms with Crippen LogP contribution in [0.1, 0.15) is 16.1 Å². The number of hydrogen-bond acceptors (Lipinski definition) is 4. The molecule has 1 N–H and O–H groups in total. The van der Waals surface area contributed by atoms with E-state index in [9.17, 15) is 22.4 Å². The molecule has 0 saturated carbocycles. The van der Waals surface area contributed by atoms with E-state index in [1.807, 2.05) is 0 Å². The minimum absolute atomic E-state index is 0.156. The molecular formula is C11H7F4N3O2. The molecule has 5 nitrogen and oxygen atoms in total. The Morgan fingerprint density at radius 3 is 2.60 bits per heavy atom. The van der Waals surface area contributed by atoms with Gasteiger partial charge in [0.1, 0.15) is 5.69 Å². The van der Waals surface area contributed by atoms with E-state index in [0.29, 0.717) is 6.20 Å². The first kappa shape index (κ1) is 14.0. The largest absolute Gasteiger partial charge is 0.465 e. The number of pyridine rings is 1. The van der Waals surface area contributed by atoms with Crippen LogP contribution in [0.5, 0.6) is 0 Å². The number of halogens is 4. The zero-order valence-corrected chi connectivity index (χ0v) is 9.95. The quantitative estimate of drug-likeness (QED) is 0.681. The van der Waals surface area contributed by atoms with Gasteiger partial charge in [-0.2, -0.15) is 13.2 Å². The van der Waals surface area contributed by atoms with E-state index in [4.69, 9.17) is 0 Å². The summed E-state index contributed by atoms with van der Waals surface area (Å²) in [5.41, 5.74) is -1.77. The second-order valence-corrected chi connectivity index (χ2v) is 3.68. The van der Waals surface area contributed by atoms with Crippen LogP contribution in [0.3, 0.4) is 0 Å². The van der Waals surface area contributed by atoms with E-state index >= 15 is 0 Å². The van der Waals surface area contributed by atoms with Crippen molar-refractivity contribution in [3.8, 4) is 11.5 Å². The van der Waals surface area contributed by atoms with Gasteiger partial charge in [-0.15, -0.1) is 0 Å². The number of imidazole rings is 1. The average molecular weight is 289 g/mol. The maximum atomic E-state index is 13.7. The van der Waals surface area contributed by atoms with Gasteiger partial charge in [0.2, 0.25) is 0 Å². The number of nitrogens with zero attached hydrogens (tertiary/aromatic N) is 2. The van der Waals surface area contributed by atoms with Crippen LogP contribution in [0.2, 0.25) is 0 Å². The number of carbonyl (C=O) groups excluding carboxylic acids is 1. The van der Waals surface area contributed by atoms with E-state index in [0.717, 1.165) is 19.4 Å². The number of esters is 1. The fraction of sp³-hybridized carbons (Fsp3) is 0.182. The van der Waals surface area contributed by atoms with Crippen molar-refractivity contribution < 1.29 is 27.1 Å². The number of methoxy groups -OCH3 is 1. The van der Waals surface area contributed by atoms with Crippen molar-refractivity contribution in [3.63, 3.8) is 0 Å². The van der Waals surface area contributed by atoms with Gasteiger partial charge >= 0.3 is 12.1 Å². The van der Waals surface area contributed by atoms with Crippen molar-refractivity contribution in [2.45, 2.75) is 6.18 Å². The van der Waals surface area contributed by atoms with E-state index in [2.05, 4.69) is 19.7 Å². The number of carbonyl (C=O) groups is 1. The number of rotatable bonds is 2. The van der Waals surface area contributed by atoms with Gasteiger partial charge in [-0.1, -0.05) is 0 Å². The van der Waals surface area contributed by atoms with Crippen molar-refractivity contribution in [1.82, 2.24) is 15.0 Å². The fourth-order valence-electron chi connectivity index (χ4n) is 1.43. The molecule has 0 aromatic carbocycles. The van der Waals surface area contributed by atoms with E-state index in [1.54, 1.807) is 0 Å². The van der Waals surface area contributed by atoms with E-state index in [1.165, 1.54) is 0 Å². The number of aromatic nitrogens is 3. The lowest BCUT2D eigenvalue weighted by Crippen LogP contribution is -2.06. The fourth-order valence-corrected chi connectivity index (χ4v) is 1.43. The third-order valence-corrected chi connectivity index (χ3v) is 2.35. The molecule has 0 radical (unpaired) electrons. The highest BCUT2D eigenvalue weighted by molar-refractivity contribution is 5.89. The number of ether oxygens (including phenoxy) is 1. The summed E-state index contributed by atoms with van der Waals surface area (Å²) < 4.78 is 55.2. The van der Waals surface area contributed by atoms with Gasteiger partial charge in [-0.3, -0.25) is 0 Å². The molecule has 2 heterocycles. The van der Waals surface area contributed by atoms with Crippen LogP contribution >= 0.6 is 0 Å². The van der Waals surface area contributed by atoms with Crippen molar-refractivity contribution in [2.75, 3.05) is 7.11 Å². The topological polar surface area (TPSA) is 67.9 Å². The molecule has 0 bridgehead atoms. The van der Waals surface area contributed by atoms with Gasteiger partial charge in [0, 0.05) is 12.4 Å². The van der Waals surface area contributed by atoms with Crippen molar-refractivity contribution in [3.05, 3.63) is 35.5 Å². The van der Waals surface area contributed by atoms with Crippen LogP contribution in [0.15, 0.2) is 18.5 Å². The smallest absolute Gasteiger partial charge is 0.434 e. The second kappa shape index (κ2) is 4.91. The molecule has 0 atom stereocenters. The molecule has 0 spiro atoms. The van der Waals surface area contributed by atoms with Crippen LogP contribution in [-0.2, 0) is 10.9 Å². The van der Waals surface area contributed by atoms with Gasteiger partial charge in [0.25, 0.3) is 0 Å². The Morgan fingerprint density at radius 2 is 2.10 bits per heavy atom. The Morgan fingerprint density at radius 1 is 1.40 bits per heavy atom. The third kappa shape index (κ3) is 2.60. The normalized spacial score (nSPS) is 11.4. The summed E-state index contributed by atoms with van der Waals surface area (Å²) in [6.07, 6.45) is -3.05. The van der Waals surface area contributed by atoms with E-state index in [-0.39, 0.29) is 11.4 Å². The van der Waals surface area contributed by atoms with Crippen LogP contribution in [0.4, 0.5) is 17.6 Å². The number of H-pyrrole nitrogens is 1. The summed E-state index contributed by atoms with van der Waals surface area (Å²) >= 11 is 0. The summed E-state index contributed by atoms with van der Waals surface area (Å²) in [7, 11) is 1.11. The lowest BCUT2D eigenvalue weighted by Gasteiger charge is -2.02. The zero-order valence-electron chi connectivity index (χ0n) is 9.95. The molecule has 106 valence electrons. The van der Waals surface area contributed by atoms with Crippen molar-refractivity contribution in [2.24, 2.45) is 0 Å². The highest BCUT2D eigenvalue weighted by Crippen LogP contribution is 2.29. The summed E-state index contributed by atoms with van der Waals surface area (Å²) in [4.78, 5) is 20.1. The molecule has 0 unspecified atom stereocenters. The molecule has 9 heteroatoms. The van der Waals surface area contributed by atoms with E-state index < -0.39 is 29.4 Å². The molecule has 2 aromatic rings. The monoisotopic (exact) mass is 289 g/mol. The predicted molar refractivity (Wildman–Crippen MR) is 58.1 cm³/mol. The number of aromatic amines is 1. The van der Waals surface area contributed by atoms with Gasteiger partial charge in [0.05, 0.1) is 12.7 Å². The molecular weight excluding hydrogens is 282 g/mol. The highest BCUT2D eigenvalue weighted by Gasteiger charge is 2.34. The zero-order chi connectivity index (χ0) is 14.9. The first-order valence-electron chi connectivity index (χ1n) is 5.19. The number of hydrogen-bond donors (Lipinski definition) is 1. The van der Waals surface area contributed by atoms with Crippen LogP contribution in [0.25, 0.3) is 11.5 Å². The SMILES string of the molecule is COC(=O)c1cnc(-c2nc(C(F)(F)F)c[nH]2)c(F)c1.